The second-order valence-corrected chi connectivity index (χ2v) is 6.92. The fraction of sp³-hybridized carbons (Fsp3) is 0.294. The molecule has 1 amide bonds. The van der Waals surface area contributed by atoms with Gasteiger partial charge in [0.1, 0.15) is 6.54 Å². The van der Waals surface area contributed by atoms with E-state index in [9.17, 15) is 9.59 Å². The summed E-state index contributed by atoms with van der Waals surface area (Å²) in [4.78, 5) is 26.4. The van der Waals surface area contributed by atoms with Crippen LogP contribution in [0.5, 0.6) is 0 Å². The summed E-state index contributed by atoms with van der Waals surface area (Å²) in [5.74, 6) is -0.294. The van der Waals surface area contributed by atoms with E-state index in [0.29, 0.717) is 37.0 Å². The Morgan fingerprint density at radius 3 is 2.76 bits per heavy atom. The van der Waals surface area contributed by atoms with E-state index in [1.807, 2.05) is 0 Å². The summed E-state index contributed by atoms with van der Waals surface area (Å²) in [5, 5.41) is 3.43. The van der Waals surface area contributed by atoms with E-state index in [0.717, 1.165) is 10.2 Å². The number of nitrogens with one attached hydrogen (secondary N) is 1. The molecule has 0 spiro atoms. The number of hydrogen-bond donors (Lipinski definition) is 1. The van der Waals surface area contributed by atoms with Crippen molar-refractivity contribution in [1.82, 2.24) is 4.57 Å². The molecule has 132 valence electrons. The van der Waals surface area contributed by atoms with Crippen molar-refractivity contribution in [2.24, 2.45) is 0 Å². The molecule has 0 radical (unpaired) electrons. The van der Waals surface area contributed by atoms with Crippen molar-refractivity contribution in [3.63, 3.8) is 0 Å². The van der Waals surface area contributed by atoms with E-state index in [1.165, 1.54) is 10.6 Å². The molecule has 0 unspecified atom stereocenters. The Bertz CT molecular complexity index is 834. The summed E-state index contributed by atoms with van der Waals surface area (Å²) in [7, 11) is 0. The molecule has 2 aromatic rings. The number of hydrogen-bond acceptors (Lipinski definition) is 4. The number of rotatable bonds is 4. The van der Waals surface area contributed by atoms with Gasteiger partial charge in [-0.1, -0.05) is 17.7 Å². The zero-order chi connectivity index (χ0) is 17.8. The number of para-hydroxylation sites is 1. The molecule has 1 aromatic heterocycles. The lowest BCUT2D eigenvalue weighted by molar-refractivity contribution is -0.116. The Labute approximate surface area is 158 Å². The highest BCUT2D eigenvalue weighted by atomic mass is 79.9. The summed E-state index contributed by atoms with van der Waals surface area (Å²) >= 11 is 9.66. The van der Waals surface area contributed by atoms with Gasteiger partial charge >= 0.3 is 0 Å². The molecule has 25 heavy (non-hydrogen) atoms. The van der Waals surface area contributed by atoms with Gasteiger partial charge in [0.15, 0.2) is 0 Å². The second-order valence-electron chi connectivity index (χ2n) is 5.60. The summed E-state index contributed by atoms with van der Waals surface area (Å²) in [6.45, 7) is 2.57. The topological polar surface area (TPSA) is 63.6 Å². The Kier molecular flexibility index (Phi) is 5.78. The van der Waals surface area contributed by atoms with Crippen LogP contribution in [0.3, 0.4) is 0 Å². The van der Waals surface area contributed by atoms with Gasteiger partial charge in [0.05, 0.1) is 29.6 Å². The van der Waals surface area contributed by atoms with Crippen LogP contribution in [0.4, 0.5) is 11.4 Å². The molecule has 0 bridgehead atoms. The highest BCUT2D eigenvalue weighted by Gasteiger charge is 2.19. The SMILES string of the molecule is O=C(Cn1cc(Br)ccc1=O)Nc1cccc(Cl)c1N1CCOCC1. The van der Waals surface area contributed by atoms with Crippen molar-refractivity contribution in [1.29, 1.82) is 0 Å². The van der Waals surface area contributed by atoms with Crippen LogP contribution >= 0.6 is 27.5 Å². The molecule has 3 rings (SSSR count). The minimum Gasteiger partial charge on any atom is -0.378 e. The van der Waals surface area contributed by atoms with Gasteiger partial charge in [-0.25, -0.2) is 0 Å². The zero-order valence-corrected chi connectivity index (χ0v) is 15.7. The molecule has 6 nitrogen and oxygen atoms in total. The smallest absolute Gasteiger partial charge is 0.251 e. The Balaban J connectivity index is 1.80. The van der Waals surface area contributed by atoms with Gasteiger partial charge in [-0.3, -0.25) is 9.59 Å². The van der Waals surface area contributed by atoms with Crippen molar-refractivity contribution in [3.05, 3.63) is 56.4 Å². The predicted molar refractivity (Wildman–Crippen MR) is 102 cm³/mol. The maximum absolute atomic E-state index is 12.4. The number of carbonyl (C=O) groups is 1. The molecule has 1 fully saturated rings. The predicted octanol–water partition coefficient (Wildman–Crippen LogP) is 2.74. The number of nitrogens with zero attached hydrogens (tertiary/aromatic N) is 2. The van der Waals surface area contributed by atoms with Gasteiger partial charge in [0.25, 0.3) is 5.56 Å². The number of benzene rings is 1. The number of anilines is 2. The zero-order valence-electron chi connectivity index (χ0n) is 13.4. The number of ether oxygens (including phenoxy) is 1. The largest absolute Gasteiger partial charge is 0.378 e. The molecular formula is C17H17BrClN3O3. The first kappa shape index (κ1) is 18.0. The fourth-order valence-electron chi connectivity index (χ4n) is 2.69. The van der Waals surface area contributed by atoms with Crippen LogP contribution in [-0.4, -0.2) is 36.8 Å². The standard InChI is InChI=1S/C17H17BrClN3O3/c18-12-4-5-16(24)22(10-12)11-15(23)20-14-3-1-2-13(19)17(14)21-6-8-25-9-7-21/h1-5,10H,6-9,11H2,(H,20,23). The Hall–Kier alpha value is -1.83. The summed E-state index contributed by atoms with van der Waals surface area (Å²) < 4.78 is 7.45. The third-order valence-electron chi connectivity index (χ3n) is 3.85. The van der Waals surface area contributed by atoms with Crippen LogP contribution in [0.15, 0.2) is 45.8 Å². The third-order valence-corrected chi connectivity index (χ3v) is 4.62. The molecule has 1 aliphatic heterocycles. The molecule has 2 heterocycles. The number of aromatic nitrogens is 1. The number of carbonyl (C=O) groups excluding carboxylic acids is 1. The fourth-order valence-corrected chi connectivity index (χ4v) is 3.37. The van der Waals surface area contributed by atoms with Crippen molar-refractivity contribution >= 4 is 44.8 Å². The lowest BCUT2D eigenvalue weighted by Gasteiger charge is -2.31. The van der Waals surface area contributed by atoms with Gasteiger partial charge in [-0.2, -0.15) is 0 Å². The maximum atomic E-state index is 12.4. The highest BCUT2D eigenvalue weighted by molar-refractivity contribution is 9.10. The van der Waals surface area contributed by atoms with E-state index >= 15 is 0 Å². The van der Waals surface area contributed by atoms with Crippen molar-refractivity contribution in [3.8, 4) is 0 Å². The summed E-state index contributed by atoms with van der Waals surface area (Å²) in [6.07, 6.45) is 1.59. The lowest BCUT2D eigenvalue weighted by Crippen LogP contribution is -2.37. The number of halogens is 2. The van der Waals surface area contributed by atoms with Gasteiger partial charge in [0.2, 0.25) is 5.91 Å². The number of morpholine rings is 1. The van der Waals surface area contributed by atoms with E-state index in [2.05, 4.69) is 26.1 Å². The van der Waals surface area contributed by atoms with Crippen LogP contribution in [0.1, 0.15) is 0 Å². The van der Waals surface area contributed by atoms with Gasteiger partial charge in [-0.15, -0.1) is 0 Å². The Morgan fingerprint density at radius 2 is 2.00 bits per heavy atom. The monoisotopic (exact) mass is 425 g/mol. The number of pyridine rings is 1. The third kappa shape index (κ3) is 4.42. The van der Waals surface area contributed by atoms with E-state index in [4.69, 9.17) is 16.3 Å². The molecule has 8 heteroatoms. The van der Waals surface area contributed by atoms with Crippen molar-refractivity contribution < 1.29 is 9.53 Å². The average molecular weight is 427 g/mol. The molecular weight excluding hydrogens is 410 g/mol. The average Bonchev–Trinajstić information content (AvgIpc) is 2.59. The molecule has 0 saturated carbocycles. The molecule has 1 aromatic carbocycles. The normalized spacial score (nSPS) is 14.4. The van der Waals surface area contributed by atoms with Crippen LogP contribution in [0.25, 0.3) is 0 Å². The molecule has 0 aliphatic carbocycles. The molecule has 1 aliphatic rings. The van der Waals surface area contributed by atoms with Crippen molar-refractivity contribution in [2.45, 2.75) is 6.54 Å². The van der Waals surface area contributed by atoms with Gasteiger partial charge < -0.3 is 19.5 Å². The summed E-state index contributed by atoms with van der Waals surface area (Å²) in [5.41, 5.74) is 1.17. The Morgan fingerprint density at radius 1 is 1.24 bits per heavy atom. The molecule has 0 atom stereocenters. The minimum absolute atomic E-state index is 0.0761. The maximum Gasteiger partial charge on any atom is 0.251 e. The number of amides is 1. The summed E-state index contributed by atoms with van der Waals surface area (Å²) in [6, 6.07) is 8.44. The van der Waals surface area contributed by atoms with Crippen molar-refractivity contribution in [2.75, 3.05) is 36.5 Å². The van der Waals surface area contributed by atoms with Crippen LogP contribution < -0.4 is 15.8 Å². The second kappa shape index (κ2) is 8.03. The lowest BCUT2D eigenvalue weighted by atomic mass is 10.2. The minimum atomic E-state index is -0.294. The first-order chi connectivity index (χ1) is 12.0. The van der Waals surface area contributed by atoms with Crippen LogP contribution in [-0.2, 0) is 16.1 Å². The molecule has 1 N–H and O–H groups in total. The highest BCUT2D eigenvalue weighted by Crippen LogP contribution is 2.34. The molecule has 1 saturated heterocycles. The quantitative estimate of drug-likeness (QED) is 0.816. The van der Waals surface area contributed by atoms with Crippen LogP contribution in [0, 0.1) is 0 Å². The van der Waals surface area contributed by atoms with Gasteiger partial charge in [-0.05, 0) is 34.1 Å². The van der Waals surface area contributed by atoms with E-state index in [1.54, 1.807) is 30.5 Å². The van der Waals surface area contributed by atoms with E-state index < -0.39 is 0 Å². The first-order valence-corrected chi connectivity index (χ1v) is 8.99. The first-order valence-electron chi connectivity index (χ1n) is 7.81. The van der Waals surface area contributed by atoms with Crippen LogP contribution in [0.2, 0.25) is 5.02 Å². The van der Waals surface area contributed by atoms with E-state index in [-0.39, 0.29) is 18.0 Å². The van der Waals surface area contributed by atoms with Gasteiger partial charge in [0, 0.05) is 29.8 Å².